The van der Waals surface area contributed by atoms with Crippen LogP contribution >= 0.6 is 104 Å². The van der Waals surface area contributed by atoms with Gasteiger partial charge in [-0.05, 0) is 291 Å². The lowest BCUT2D eigenvalue weighted by atomic mass is 9.87. The maximum Gasteiger partial charge on any atom is 0.409 e. The lowest BCUT2D eigenvalue weighted by Crippen LogP contribution is -2.48. The molecule has 19 rings (SSSR count). The standard InChI is InChI=1S/C32H28Cl2N2.C22H23ClN2O2.C21H25ClN2O3.C19H19ClN2.C13H10Cl2.C6H15N.CH2Cl2.CH4/c33-27-12-10-25(11-13-27)32(24-5-2-1-3-6-24)36-19-16-22(17-20-36)30-29-15-14-28(34)21-26(29)9-8-23-7-4-18-35-31(23)30;1-2-27-22(26)25-12-9-15(10-13-25)20-19-8-7-18(23)14-17(19)6-5-16-4-3-11-24-21(16)20;22-19-8-6-18(7-9-19)21(17-4-2-1-3-5-17)24-12-10-23(11-13-24)14-15-27-16-20(25)26;20-16-5-6-17-15(12-16)4-3-14-2-1-9-22-19(14)18(17)13-7-10-21-11-8-13;14-12-8-6-11(7-9-12)13(15)10-4-2-1-3-5-10;1-4-7(5-2)6-3;2-1-3;/h1-7,10-15,18,21,32H,8-9,16-17,19-20H2;3-4,7-8,11,14H,2,5-6,9-10,12-13H2,1H3;1-9,21H,10-16H2,(H,25,26);1-2,5-6,9,12,21H,3-4,7-8,10-11H2;1-9,13H;4-6H2,1-3H3;1H2;1H4. The van der Waals surface area contributed by atoms with E-state index < -0.39 is 5.97 Å². The molecule has 2 N–H and O–H groups in total. The van der Waals surface area contributed by atoms with E-state index in [1.165, 1.54) is 131 Å². The SMILES string of the molecule is C.CCN(CC)CC.CCOC(=O)N1CCC(=C2c3ccc(Cl)cc3CCc3cccnc32)CC1.ClCCl.Clc1ccc(C(Cl)c2ccccc2)cc1.Clc1ccc(C(c2ccccc2)N2CCC(=C3c4ccc(Cl)cc4CCc4cccnc43)CC2)cc1.Clc1ccc2c(c1)CCc1cccnc1C2=C1CCNCC1.O=C(O)COCCN1CCN(C(c2ccccc2)c2ccc(Cl)cc2)CC1. The highest BCUT2D eigenvalue weighted by molar-refractivity contribution is 6.40. The van der Waals surface area contributed by atoms with Crippen LogP contribution in [0.25, 0.3) is 16.7 Å². The molecule has 0 bridgehead atoms. The zero-order valence-electron chi connectivity index (χ0n) is 78.5. The number of nitrogens with one attached hydrogen (secondary N) is 1. The topological polar surface area (TPSA) is 140 Å². The van der Waals surface area contributed by atoms with Gasteiger partial charge in [-0.2, -0.15) is 0 Å². The number of nitrogens with zero attached hydrogens (tertiary/aromatic N) is 8. The summed E-state index contributed by atoms with van der Waals surface area (Å²) >= 11 is 52.9. The van der Waals surface area contributed by atoms with Crippen LogP contribution in [0.2, 0.25) is 30.1 Å². The molecule has 14 nitrogen and oxygen atoms in total. The van der Waals surface area contributed by atoms with Gasteiger partial charge >= 0.3 is 12.1 Å². The second-order valence-corrected chi connectivity index (χ2v) is 38.3. The summed E-state index contributed by atoms with van der Waals surface area (Å²) in [6, 6.07) is 87.4. The number of hydrogen-bond acceptors (Lipinski definition) is 12. The van der Waals surface area contributed by atoms with Crippen LogP contribution in [0.5, 0.6) is 0 Å². The van der Waals surface area contributed by atoms with Crippen molar-refractivity contribution >= 4 is 133 Å². The van der Waals surface area contributed by atoms with Gasteiger partial charge < -0.3 is 29.7 Å². The zero-order chi connectivity index (χ0) is 96.4. The molecule has 1 amide bonds. The van der Waals surface area contributed by atoms with Crippen LogP contribution in [0, 0.1) is 0 Å². The molecule has 3 atom stereocenters. The Balaban J connectivity index is 0.000000154. The quantitative estimate of drug-likeness (QED) is 0.0661. The second-order valence-electron chi connectivity index (χ2n) is 34.4. The number of rotatable bonds is 17. The average Bonchev–Trinajstić information content (AvgIpc) is 1.59. The number of piperazine rings is 1. The monoisotopic (exact) mass is 2030 g/mol. The highest BCUT2D eigenvalue weighted by atomic mass is 35.5. The van der Waals surface area contributed by atoms with E-state index >= 15 is 0 Å². The minimum atomic E-state index is -0.923. The first-order chi connectivity index (χ1) is 66.8. The number of aryl methyl sites for hydroxylation is 6. The number of carboxylic acid groups (broad SMARTS) is 1. The minimum Gasteiger partial charge on any atom is -0.480 e. The van der Waals surface area contributed by atoms with Crippen LogP contribution in [-0.2, 0) is 52.8 Å². The number of amides is 1. The van der Waals surface area contributed by atoms with E-state index in [4.69, 9.17) is 134 Å². The van der Waals surface area contributed by atoms with E-state index in [2.05, 4.69) is 185 Å². The number of carbonyl (C=O) groups is 2. The lowest BCUT2D eigenvalue weighted by Gasteiger charge is -2.39. The molecule has 23 heteroatoms. The highest BCUT2D eigenvalue weighted by Gasteiger charge is 2.33. The van der Waals surface area contributed by atoms with Crippen LogP contribution in [0.15, 0.2) is 290 Å². The number of carbonyl (C=O) groups excluding carboxylic acids is 1. The lowest BCUT2D eigenvalue weighted by molar-refractivity contribution is -0.142. The van der Waals surface area contributed by atoms with E-state index in [-0.39, 0.29) is 42.9 Å². The number of likely N-dealkylation sites (tertiary alicyclic amines) is 2. The summed E-state index contributed by atoms with van der Waals surface area (Å²) < 4.78 is 10.3. The maximum absolute atomic E-state index is 12.0. The number of hydrogen-bond donors (Lipinski definition) is 2. The Kier molecular flexibility index (Phi) is 43.5. The number of halogens is 9. The van der Waals surface area contributed by atoms with Crippen molar-refractivity contribution < 1.29 is 24.2 Å². The van der Waals surface area contributed by atoms with Gasteiger partial charge in [0.25, 0.3) is 0 Å². The Bertz CT molecular complexity index is 5930. The number of aromatic nitrogens is 3. The van der Waals surface area contributed by atoms with Gasteiger partial charge in [-0.15, -0.1) is 34.8 Å². The third-order valence-corrected chi connectivity index (χ3v) is 28.0. The van der Waals surface area contributed by atoms with Gasteiger partial charge in [0.15, 0.2) is 0 Å². The molecule has 4 fully saturated rings. The van der Waals surface area contributed by atoms with Crippen molar-refractivity contribution in [3.8, 4) is 0 Å². The van der Waals surface area contributed by atoms with E-state index in [0.717, 1.165) is 189 Å². The summed E-state index contributed by atoms with van der Waals surface area (Å²) in [4.78, 5) is 48.5. The Labute approximate surface area is 862 Å². The summed E-state index contributed by atoms with van der Waals surface area (Å²) in [6.45, 7) is 22.6. The highest BCUT2D eigenvalue weighted by Crippen LogP contribution is 2.44. The van der Waals surface area contributed by atoms with Gasteiger partial charge in [0.05, 0.1) is 53.1 Å². The van der Waals surface area contributed by atoms with Crippen molar-refractivity contribution in [3.05, 3.63) is 421 Å². The Hall–Kier alpha value is -9.24. The number of aliphatic carboxylic acids is 1. The Morgan fingerprint density at radius 3 is 1.08 bits per heavy atom. The molecular formula is C115H126Cl9N9O5. The number of ether oxygens (including phenoxy) is 2. The van der Waals surface area contributed by atoms with Gasteiger partial charge in [0.2, 0.25) is 0 Å². The smallest absolute Gasteiger partial charge is 0.409 e. The summed E-state index contributed by atoms with van der Waals surface area (Å²) in [6.07, 6.45) is 17.4. The number of pyridine rings is 3. The molecule has 7 heterocycles. The third-order valence-electron chi connectivity index (χ3n) is 26.1. The number of benzene rings is 9. The molecule has 4 saturated heterocycles. The van der Waals surface area contributed by atoms with Crippen LogP contribution < -0.4 is 5.32 Å². The van der Waals surface area contributed by atoms with Gasteiger partial charge in [0.1, 0.15) is 6.61 Å². The molecule has 0 saturated carbocycles. The largest absolute Gasteiger partial charge is 0.480 e. The van der Waals surface area contributed by atoms with E-state index in [0.29, 0.717) is 26.3 Å². The fraction of sp³-hybridized carbons (Fsp3) is 0.330. The molecule has 0 radical (unpaired) electrons. The van der Waals surface area contributed by atoms with Crippen LogP contribution in [0.1, 0.15) is 192 Å². The number of piperidine rings is 3. The molecule has 3 aliphatic carbocycles. The van der Waals surface area contributed by atoms with E-state index in [1.54, 1.807) is 4.90 Å². The molecule has 9 aromatic carbocycles. The summed E-state index contributed by atoms with van der Waals surface area (Å²) in [7, 11) is 0. The van der Waals surface area contributed by atoms with Crippen LogP contribution in [-0.4, -0.2) is 173 Å². The van der Waals surface area contributed by atoms with Crippen molar-refractivity contribution in [2.75, 3.05) is 117 Å². The van der Waals surface area contributed by atoms with Crippen molar-refractivity contribution in [3.63, 3.8) is 0 Å². The fourth-order valence-corrected chi connectivity index (χ4v) is 20.4. The predicted molar refractivity (Wildman–Crippen MR) is 576 cm³/mol. The third kappa shape index (κ3) is 30.2. The van der Waals surface area contributed by atoms with Crippen molar-refractivity contribution in [2.24, 2.45) is 0 Å². The Morgan fingerprint density at radius 2 is 0.717 bits per heavy atom. The van der Waals surface area contributed by atoms with Crippen LogP contribution in [0.3, 0.4) is 0 Å². The van der Waals surface area contributed by atoms with Crippen molar-refractivity contribution in [2.45, 2.75) is 130 Å². The molecule has 3 unspecified atom stereocenters. The molecule has 3 aromatic heterocycles. The van der Waals surface area contributed by atoms with E-state index in [9.17, 15) is 9.59 Å². The first kappa shape index (κ1) is 108. The summed E-state index contributed by atoms with van der Waals surface area (Å²) in [5.74, 6) is -0.923. The normalized spacial score (nSPS) is 15.7. The first-order valence-corrected chi connectivity index (χ1v) is 51.5. The average molecular weight is 2030 g/mol. The summed E-state index contributed by atoms with van der Waals surface area (Å²) in [5, 5.41) is 16.8. The molecule has 7 aliphatic rings. The van der Waals surface area contributed by atoms with Crippen molar-refractivity contribution in [1.29, 1.82) is 0 Å². The molecule has 12 aromatic rings. The Morgan fingerprint density at radius 1 is 0.391 bits per heavy atom. The fourth-order valence-electron chi connectivity index (χ4n) is 19.1. The van der Waals surface area contributed by atoms with E-state index in [1.807, 2.05) is 141 Å². The number of alkyl halides is 3. The minimum absolute atomic E-state index is 0. The molecule has 0 spiro atoms. The van der Waals surface area contributed by atoms with Gasteiger partial charge in [0, 0.05) is 124 Å². The number of carboxylic acids is 1. The first-order valence-electron chi connectivity index (χ1n) is 47.7. The predicted octanol–water partition coefficient (Wildman–Crippen LogP) is 28.3. The molecular weight excluding hydrogens is 1910 g/mol. The van der Waals surface area contributed by atoms with Gasteiger partial charge in [-0.1, -0.05) is 278 Å². The maximum atomic E-state index is 12.0. The molecule has 724 valence electrons. The zero-order valence-corrected chi connectivity index (χ0v) is 85.3. The van der Waals surface area contributed by atoms with Crippen LogP contribution in [0.4, 0.5) is 4.79 Å². The van der Waals surface area contributed by atoms with Gasteiger partial charge in [-0.3, -0.25) is 29.7 Å². The van der Waals surface area contributed by atoms with Gasteiger partial charge in [-0.25, -0.2) is 9.59 Å². The van der Waals surface area contributed by atoms with Crippen molar-refractivity contribution in [1.82, 2.24) is 44.8 Å². The molecule has 4 aliphatic heterocycles. The second kappa shape index (κ2) is 55.8. The number of fused-ring (bicyclic) bond motifs is 6. The molecule has 138 heavy (non-hydrogen) atoms. The summed E-state index contributed by atoms with van der Waals surface area (Å²) in [5.41, 5.74) is 30.8.